The first-order valence-corrected chi connectivity index (χ1v) is 9.96. The van der Waals surface area contributed by atoms with Crippen LogP contribution in [0.15, 0.2) is 40.9 Å². The fourth-order valence-corrected chi connectivity index (χ4v) is 4.21. The molecule has 3 rings (SSSR count). The number of hydrogen-bond acceptors (Lipinski definition) is 4. The van der Waals surface area contributed by atoms with E-state index in [-0.39, 0.29) is 5.82 Å². The van der Waals surface area contributed by atoms with Crippen LogP contribution in [0.25, 0.3) is 11.4 Å². The van der Waals surface area contributed by atoms with Crippen molar-refractivity contribution in [2.75, 3.05) is 0 Å². The van der Waals surface area contributed by atoms with E-state index in [9.17, 15) is 4.39 Å². The molecule has 0 N–H and O–H groups in total. The Hall–Kier alpha value is -1.66. The van der Waals surface area contributed by atoms with Crippen molar-refractivity contribution in [1.82, 2.24) is 14.8 Å². The van der Waals surface area contributed by atoms with Gasteiger partial charge in [0.2, 0.25) is 0 Å². The van der Waals surface area contributed by atoms with Gasteiger partial charge < -0.3 is 4.57 Å². The summed E-state index contributed by atoms with van der Waals surface area (Å²) in [6.45, 7) is 5.19. The molecule has 0 aliphatic rings. The predicted molar refractivity (Wildman–Crippen MR) is 99.0 cm³/mol. The molecule has 0 saturated heterocycles. The molecular weight excluding hydrogens is 341 g/mol. The number of thiophene rings is 1. The van der Waals surface area contributed by atoms with E-state index in [1.807, 2.05) is 6.07 Å². The van der Waals surface area contributed by atoms with E-state index >= 15 is 0 Å². The lowest BCUT2D eigenvalue weighted by atomic mass is 10.2. The van der Waals surface area contributed by atoms with E-state index in [2.05, 4.69) is 40.1 Å². The van der Waals surface area contributed by atoms with Crippen molar-refractivity contribution in [3.05, 3.63) is 52.0 Å². The van der Waals surface area contributed by atoms with Gasteiger partial charge in [-0.1, -0.05) is 37.7 Å². The highest BCUT2D eigenvalue weighted by atomic mass is 32.2. The fraction of sp³-hybridized carbons (Fsp3) is 0.333. The van der Waals surface area contributed by atoms with Gasteiger partial charge in [-0.3, -0.25) is 0 Å². The second kappa shape index (κ2) is 7.94. The number of halogens is 1. The van der Waals surface area contributed by atoms with Crippen LogP contribution in [0.1, 0.15) is 30.7 Å². The number of nitrogens with zero attached hydrogens (tertiary/aromatic N) is 3. The van der Waals surface area contributed by atoms with Crippen LogP contribution in [0, 0.1) is 5.82 Å². The Morgan fingerprint density at radius 1 is 1.21 bits per heavy atom. The summed E-state index contributed by atoms with van der Waals surface area (Å²) >= 11 is 3.37. The average molecular weight is 362 g/mol. The number of aromatic nitrogens is 3. The monoisotopic (exact) mass is 361 g/mol. The Kier molecular flexibility index (Phi) is 5.68. The van der Waals surface area contributed by atoms with E-state index in [1.165, 1.54) is 10.9 Å². The van der Waals surface area contributed by atoms with E-state index in [0.29, 0.717) is 5.75 Å². The molecule has 2 heterocycles. The molecule has 0 saturated carbocycles. The number of aryl methyl sites for hydroxylation is 1. The summed E-state index contributed by atoms with van der Waals surface area (Å²) in [6.07, 6.45) is 2.05. The minimum Gasteiger partial charge on any atom is -0.302 e. The molecule has 0 unspecified atom stereocenters. The van der Waals surface area contributed by atoms with Crippen molar-refractivity contribution in [1.29, 1.82) is 0 Å². The molecular formula is C18H20FN3S2. The molecule has 0 aliphatic heterocycles. The molecule has 24 heavy (non-hydrogen) atoms. The van der Waals surface area contributed by atoms with Crippen LogP contribution in [0.3, 0.4) is 0 Å². The Labute approximate surface area is 149 Å². The molecule has 1 aromatic carbocycles. The lowest BCUT2D eigenvalue weighted by Crippen LogP contribution is -2.01. The van der Waals surface area contributed by atoms with Crippen molar-refractivity contribution in [2.24, 2.45) is 0 Å². The van der Waals surface area contributed by atoms with Crippen molar-refractivity contribution >= 4 is 23.1 Å². The quantitative estimate of drug-likeness (QED) is 0.527. The predicted octanol–water partition coefficient (Wildman–Crippen LogP) is 5.41. The zero-order valence-corrected chi connectivity index (χ0v) is 15.5. The molecule has 2 aromatic heterocycles. The van der Waals surface area contributed by atoms with Crippen LogP contribution in [-0.2, 0) is 18.7 Å². The molecule has 0 spiro atoms. The van der Waals surface area contributed by atoms with Gasteiger partial charge in [0.1, 0.15) is 5.82 Å². The number of thioether (sulfide) groups is 1. The number of rotatable bonds is 7. The zero-order chi connectivity index (χ0) is 16.9. The Bertz CT molecular complexity index is 810. The first-order valence-electron chi connectivity index (χ1n) is 8.09. The third-order valence-electron chi connectivity index (χ3n) is 3.68. The smallest absolute Gasteiger partial charge is 0.191 e. The molecule has 3 aromatic rings. The van der Waals surface area contributed by atoms with E-state index in [0.717, 1.165) is 41.5 Å². The second-order valence-corrected chi connectivity index (χ2v) is 7.47. The molecule has 3 nitrogen and oxygen atoms in total. The first-order chi connectivity index (χ1) is 11.7. The van der Waals surface area contributed by atoms with E-state index < -0.39 is 0 Å². The van der Waals surface area contributed by atoms with Crippen molar-refractivity contribution in [3.8, 4) is 11.4 Å². The number of benzene rings is 1. The van der Waals surface area contributed by atoms with E-state index in [4.69, 9.17) is 0 Å². The Morgan fingerprint density at radius 2 is 2.08 bits per heavy atom. The minimum atomic E-state index is -0.200. The number of hydrogen-bond donors (Lipinski definition) is 0. The van der Waals surface area contributed by atoms with Gasteiger partial charge in [0, 0.05) is 28.1 Å². The molecule has 0 bridgehead atoms. The van der Waals surface area contributed by atoms with Gasteiger partial charge in [0.15, 0.2) is 11.0 Å². The SMILES string of the molecule is CCCn1c(SCc2cccc(F)c2)nnc1-c1csc(CC)c1. The summed E-state index contributed by atoms with van der Waals surface area (Å²) < 4.78 is 15.5. The van der Waals surface area contributed by atoms with Gasteiger partial charge in [-0.2, -0.15) is 0 Å². The highest BCUT2D eigenvalue weighted by Crippen LogP contribution is 2.29. The maximum absolute atomic E-state index is 13.3. The topological polar surface area (TPSA) is 30.7 Å². The first kappa shape index (κ1) is 17.2. The molecule has 0 amide bonds. The third-order valence-corrected chi connectivity index (χ3v) is 5.80. The van der Waals surface area contributed by atoms with Gasteiger partial charge >= 0.3 is 0 Å². The van der Waals surface area contributed by atoms with Gasteiger partial charge in [0.25, 0.3) is 0 Å². The summed E-state index contributed by atoms with van der Waals surface area (Å²) in [4.78, 5) is 1.35. The molecule has 0 aliphatic carbocycles. The highest BCUT2D eigenvalue weighted by molar-refractivity contribution is 7.98. The fourth-order valence-electron chi connectivity index (χ4n) is 2.49. The van der Waals surface area contributed by atoms with E-state index in [1.54, 1.807) is 35.2 Å². The Balaban J connectivity index is 1.82. The summed E-state index contributed by atoms with van der Waals surface area (Å²) in [7, 11) is 0. The van der Waals surface area contributed by atoms with Crippen molar-refractivity contribution in [3.63, 3.8) is 0 Å². The van der Waals surface area contributed by atoms with Crippen LogP contribution >= 0.6 is 23.1 Å². The van der Waals surface area contributed by atoms with Crippen molar-refractivity contribution < 1.29 is 4.39 Å². The summed E-state index contributed by atoms with van der Waals surface area (Å²) in [6, 6.07) is 8.91. The van der Waals surface area contributed by atoms with Crippen LogP contribution in [0.4, 0.5) is 4.39 Å². The van der Waals surface area contributed by atoms with Crippen molar-refractivity contribution in [2.45, 2.75) is 44.1 Å². The zero-order valence-electron chi connectivity index (χ0n) is 13.8. The van der Waals surface area contributed by atoms with Gasteiger partial charge in [-0.25, -0.2) is 4.39 Å². The van der Waals surface area contributed by atoms with Crippen LogP contribution < -0.4 is 0 Å². The average Bonchev–Trinajstić information content (AvgIpc) is 3.20. The lowest BCUT2D eigenvalue weighted by molar-refractivity contribution is 0.624. The molecule has 0 atom stereocenters. The summed E-state index contributed by atoms with van der Waals surface area (Å²) in [5.41, 5.74) is 2.09. The highest BCUT2D eigenvalue weighted by Gasteiger charge is 2.15. The van der Waals surface area contributed by atoms with Gasteiger partial charge in [0.05, 0.1) is 0 Å². The Morgan fingerprint density at radius 3 is 2.79 bits per heavy atom. The largest absolute Gasteiger partial charge is 0.302 e. The molecule has 0 fully saturated rings. The van der Waals surface area contributed by atoms with Gasteiger partial charge in [-0.15, -0.1) is 21.5 Å². The lowest BCUT2D eigenvalue weighted by Gasteiger charge is -2.08. The summed E-state index contributed by atoms with van der Waals surface area (Å²) in [5, 5.41) is 11.8. The van der Waals surface area contributed by atoms with Crippen LogP contribution in [0.5, 0.6) is 0 Å². The molecule has 0 radical (unpaired) electrons. The normalized spacial score (nSPS) is 11.1. The second-order valence-electron chi connectivity index (χ2n) is 5.53. The maximum atomic E-state index is 13.3. The summed E-state index contributed by atoms with van der Waals surface area (Å²) in [5.74, 6) is 1.41. The molecule has 6 heteroatoms. The third kappa shape index (κ3) is 3.87. The molecule has 126 valence electrons. The van der Waals surface area contributed by atoms with Crippen LogP contribution in [-0.4, -0.2) is 14.8 Å². The van der Waals surface area contributed by atoms with Gasteiger partial charge in [-0.05, 0) is 36.6 Å². The standard InChI is InChI=1S/C18H20FN3S2/c1-3-8-22-17(14-10-16(4-2)23-12-14)20-21-18(22)24-11-13-6-5-7-15(19)9-13/h5-7,9-10,12H,3-4,8,11H2,1-2H3. The van der Waals surface area contributed by atoms with Crippen LogP contribution in [0.2, 0.25) is 0 Å². The minimum absolute atomic E-state index is 0.200. The maximum Gasteiger partial charge on any atom is 0.191 e.